The molecule has 190 valence electrons. The number of carbonyl (C=O) groups is 1. The Bertz CT molecular complexity index is 1240. The van der Waals surface area contributed by atoms with Gasteiger partial charge in [-0.05, 0) is 54.4 Å². The number of rotatable bonds is 4. The predicted molar refractivity (Wildman–Crippen MR) is 124 cm³/mol. The fourth-order valence-corrected chi connectivity index (χ4v) is 5.84. The van der Waals surface area contributed by atoms with E-state index < -0.39 is 40.3 Å². The van der Waals surface area contributed by atoms with E-state index >= 15 is 0 Å². The van der Waals surface area contributed by atoms with Crippen LogP contribution in [0.4, 0.5) is 13.2 Å². The van der Waals surface area contributed by atoms with Gasteiger partial charge in [-0.15, -0.1) is 0 Å². The smallest absolute Gasteiger partial charge is 0.471 e. The number of hydrogen-bond donors (Lipinski definition) is 1. The fourth-order valence-electron chi connectivity index (χ4n) is 4.74. The molecule has 0 saturated carbocycles. The number of carbonyl (C=O) groups excluding carboxylic acids is 1. The quantitative estimate of drug-likeness (QED) is 0.624. The first-order valence-electron chi connectivity index (χ1n) is 10.6. The lowest BCUT2D eigenvalue weighted by atomic mass is 10.0. The number of nitrogens with two attached hydrogens (primary N) is 1. The molecule has 0 spiro atoms. The highest BCUT2D eigenvalue weighted by Crippen LogP contribution is 2.43. The number of sulfonamides is 1. The SMILES string of the molecule is C[C@@H]1CN([C@H]2c3cc(Cl)cc(Cl)c3C[C@@H]2Oc2ccc(S(N)(=O)=O)cc2)CCN1C(=O)C(F)(F)F. The predicted octanol–water partition coefficient (Wildman–Crippen LogP) is 3.78. The monoisotopic (exact) mass is 551 g/mol. The second-order valence-electron chi connectivity index (χ2n) is 8.62. The number of amides is 1. The molecule has 2 N–H and O–H groups in total. The molecule has 0 radical (unpaired) electrons. The number of piperazine rings is 1. The van der Waals surface area contributed by atoms with Crippen LogP contribution in [0.2, 0.25) is 10.0 Å². The Balaban J connectivity index is 1.62. The standard InChI is InChI=1S/C22H22Cl2F3N3O4S/c1-12-11-29(6-7-30(12)21(31)22(25,26)27)20-17-8-13(23)9-18(24)16(17)10-19(20)34-14-2-4-15(5-3-14)35(28,32)33/h2-5,8-9,12,19-20H,6-7,10-11H2,1H3,(H2,28,32,33)/t12-,19+,20+/m1/s1. The summed E-state index contributed by atoms with van der Waals surface area (Å²) in [5.41, 5.74) is 1.62. The Labute approximate surface area is 210 Å². The molecule has 0 unspecified atom stereocenters. The Hall–Kier alpha value is -2.05. The van der Waals surface area contributed by atoms with Gasteiger partial charge in [0.25, 0.3) is 0 Å². The Morgan fingerprint density at radius 1 is 1.14 bits per heavy atom. The third-order valence-electron chi connectivity index (χ3n) is 6.27. The van der Waals surface area contributed by atoms with Gasteiger partial charge in [0.15, 0.2) is 0 Å². The van der Waals surface area contributed by atoms with Crippen molar-refractivity contribution < 1.29 is 31.1 Å². The molecule has 1 fully saturated rings. The number of fused-ring (bicyclic) bond motifs is 1. The van der Waals surface area contributed by atoms with Gasteiger partial charge in [-0.3, -0.25) is 9.69 Å². The largest absolute Gasteiger partial charge is 0.488 e. The van der Waals surface area contributed by atoms with Crippen LogP contribution >= 0.6 is 23.2 Å². The van der Waals surface area contributed by atoms with E-state index in [2.05, 4.69) is 0 Å². The molecule has 4 rings (SSSR count). The van der Waals surface area contributed by atoms with Gasteiger partial charge in [-0.1, -0.05) is 23.2 Å². The maximum atomic E-state index is 13.0. The summed E-state index contributed by atoms with van der Waals surface area (Å²) in [5.74, 6) is -1.47. The topological polar surface area (TPSA) is 92.9 Å². The second-order valence-corrected chi connectivity index (χ2v) is 11.0. The minimum Gasteiger partial charge on any atom is -0.488 e. The van der Waals surface area contributed by atoms with Gasteiger partial charge in [-0.25, -0.2) is 13.6 Å². The van der Waals surface area contributed by atoms with Crippen molar-refractivity contribution in [3.05, 3.63) is 57.6 Å². The molecular weight excluding hydrogens is 530 g/mol. The lowest BCUT2D eigenvalue weighted by Crippen LogP contribution is -2.58. The first-order chi connectivity index (χ1) is 16.3. The molecule has 0 bridgehead atoms. The van der Waals surface area contributed by atoms with E-state index in [0.29, 0.717) is 22.2 Å². The minimum atomic E-state index is -4.94. The summed E-state index contributed by atoms with van der Waals surface area (Å²) < 4.78 is 68.3. The summed E-state index contributed by atoms with van der Waals surface area (Å²) >= 11 is 12.7. The number of primary sulfonamides is 1. The molecule has 1 amide bonds. The molecule has 2 aromatic rings. The van der Waals surface area contributed by atoms with Crippen LogP contribution in [0, 0.1) is 0 Å². The van der Waals surface area contributed by atoms with Crippen molar-refractivity contribution in [1.82, 2.24) is 9.80 Å². The van der Waals surface area contributed by atoms with E-state index in [1.54, 1.807) is 19.1 Å². The first-order valence-corrected chi connectivity index (χ1v) is 12.9. The number of nitrogens with zero attached hydrogens (tertiary/aromatic N) is 2. The van der Waals surface area contributed by atoms with E-state index in [0.717, 1.165) is 16.0 Å². The summed E-state index contributed by atoms with van der Waals surface area (Å²) in [6, 6.07) is 7.91. The van der Waals surface area contributed by atoms with Crippen LogP contribution in [0.5, 0.6) is 5.75 Å². The Morgan fingerprint density at radius 3 is 2.37 bits per heavy atom. The van der Waals surface area contributed by atoms with Gasteiger partial charge in [0.05, 0.1) is 10.9 Å². The van der Waals surface area contributed by atoms with E-state index in [-0.39, 0.29) is 24.5 Å². The van der Waals surface area contributed by atoms with Crippen molar-refractivity contribution in [2.75, 3.05) is 19.6 Å². The lowest BCUT2D eigenvalue weighted by Gasteiger charge is -2.44. The molecular formula is C22H22Cl2F3N3O4S. The van der Waals surface area contributed by atoms with Gasteiger partial charge in [0, 0.05) is 42.1 Å². The van der Waals surface area contributed by atoms with E-state index in [4.69, 9.17) is 33.1 Å². The molecule has 1 aliphatic carbocycles. The van der Waals surface area contributed by atoms with Gasteiger partial charge < -0.3 is 9.64 Å². The van der Waals surface area contributed by atoms with Crippen molar-refractivity contribution in [3.63, 3.8) is 0 Å². The van der Waals surface area contributed by atoms with Gasteiger partial charge in [0.2, 0.25) is 10.0 Å². The van der Waals surface area contributed by atoms with Crippen molar-refractivity contribution in [1.29, 1.82) is 0 Å². The summed E-state index contributed by atoms with van der Waals surface area (Å²) in [7, 11) is -3.87. The van der Waals surface area contributed by atoms with Crippen LogP contribution in [0.15, 0.2) is 41.3 Å². The minimum absolute atomic E-state index is 0.0646. The van der Waals surface area contributed by atoms with E-state index in [1.807, 2.05) is 4.90 Å². The molecule has 3 atom stereocenters. The Kier molecular flexibility index (Phi) is 7.02. The van der Waals surface area contributed by atoms with Gasteiger partial charge >= 0.3 is 12.1 Å². The summed E-state index contributed by atoms with van der Waals surface area (Å²) in [4.78, 5) is 14.6. The van der Waals surface area contributed by atoms with Crippen LogP contribution in [-0.4, -0.2) is 62.1 Å². The van der Waals surface area contributed by atoms with Crippen LogP contribution in [0.25, 0.3) is 0 Å². The van der Waals surface area contributed by atoms with Gasteiger partial charge in [0.1, 0.15) is 11.9 Å². The van der Waals surface area contributed by atoms with Crippen molar-refractivity contribution in [3.8, 4) is 5.75 Å². The van der Waals surface area contributed by atoms with Crippen molar-refractivity contribution >= 4 is 39.1 Å². The van der Waals surface area contributed by atoms with Crippen molar-refractivity contribution in [2.24, 2.45) is 5.14 Å². The number of benzene rings is 2. The van der Waals surface area contributed by atoms with Crippen LogP contribution in [0.1, 0.15) is 24.1 Å². The molecule has 0 aromatic heterocycles. The number of halogens is 5. The second kappa shape index (κ2) is 9.44. The lowest BCUT2D eigenvalue weighted by molar-refractivity contribution is -0.190. The van der Waals surface area contributed by atoms with Crippen LogP contribution in [-0.2, 0) is 21.2 Å². The summed E-state index contributed by atoms with van der Waals surface area (Å²) in [6.45, 7) is 1.83. The fraction of sp³-hybridized carbons (Fsp3) is 0.409. The molecule has 1 heterocycles. The third kappa shape index (κ3) is 5.39. The number of ether oxygens (including phenoxy) is 1. The molecule has 1 saturated heterocycles. The van der Waals surface area contributed by atoms with Gasteiger partial charge in [-0.2, -0.15) is 13.2 Å². The molecule has 1 aliphatic heterocycles. The number of hydrogen-bond acceptors (Lipinski definition) is 5. The maximum absolute atomic E-state index is 13.0. The third-order valence-corrected chi connectivity index (χ3v) is 7.75. The highest BCUT2D eigenvalue weighted by atomic mass is 35.5. The number of alkyl halides is 3. The highest BCUT2D eigenvalue weighted by Gasteiger charge is 2.47. The van der Waals surface area contributed by atoms with Crippen LogP contribution < -0.4 is 9.88 Å². The van der Waals surface area contributed by atoms with Crippen LogP contribution in [0.3, 0.4) is 0 Å². The zero-order valence-corrected chi connectivity index (χ0v) is 20.8. The zero-order valence-electron chi connectivity index (χ0n) is 18.4. The molecule has 13 heteroatoms. The zero-order chi connectivity index (χ0) is 25.7. The molecule has 2 aliphatic rings. The highest BCUT2D eigenvalue weighted by molar-refractivity contribution is 7.89. The summed E-state index contributed by atoms with van der Waals surface area (Å²) in [6.07, 6.45) is -5.02. The van der Waals surface area contributed by atoms with E-state index in [9.17, 15) is 26.4 Å². The summed E-state index contributed by atoms with van der Waals surface area (Å²) in [5, 5.41) is 6.01. The Morgan fingerprint density at radius 2 is 1.80 bits per heavy atom. The van der Waals surface area contributed by atoms with E-state index in [1.165, 1.54) is 24.3 Å². The maximum Gasteiger partial charge on any atom is 0.471 e. The van der Waals surface area contributed by atoms with Crippen molar-refractivity contribution in [2.45, 2.75) is 42.6 Å². The molecule has 35 heavy (non-hydrogen) atoms. The average Bonchev–Trinajstić information content (AvgIpc) is 3.10. The first kappa shape index (κ1) is 26.0. The molecule has 7 nitrogen and oxygen atoms in total. The normalized spacial score (nSPS) is 23.3. The average molecular weight is 552 g/mol. The molecule has 2 aromatic carbocycles.